The number of ether oxygens (including phenoxy) is 1. The molecule has 7 heteroatoms. The van der Waals surface area contributed by atoms with Gasteiger partial charge in [0, 0.05) is 10.6 Å². The molecule has 1 atom stereocenters. The summed E-state index contributed by atoms with van der Waals surface area (Å²) in [6.07, 6.45) is 1.50. The van der Waals surface area contributed by atoms with Gasteiger partial charge in [0.15, 0.2) is 0 Å². The van der Waals surface area contributed by atoms with E-state index in [1.807, 2.05) is 0 Å². The van der Waals surface area contributed by atoms with Crippen molar-refractivity contribution in [1.82, 2.24) is 4.90 Å². The summed E-state index contributed by atoms with van der Waals surface area (Å²) in [7, 11) is 1.55. The number of likely N-dealkylation sites (tertiary alicyclic amines) is 1. The van der Waals surface area contributed by atoms with Crippen molar-refractivity contribution in [2.75, 3.05) is 7.11 Å². The van der Waals surface area contributed by atoms with Gasteiger partial charge in [0.05, 0.1) is 31.5 Å². The predicted molar refractivity (Wildman–Crippen MR) is 111 cm³/mol. The molecule has 1 N–H and O–H groups in total. The second-order valence-corrected chi connectivity index (χ2v) is 7.22. The highest BCUT2D eigenvalue weighted by Gasteiger charge is 2.46. The summed E-state index contributed by atoms with van der Waals surface area (Å²) in [4.78, 5) is 27.2. The van der Waals surface area contributed by atoms with Crippen LogP contribution in [0.15, 0.2) is 76.9 Å². The summed E-state index contributed by atoms with van der Waals surface area (Å²) in [5.41, 5.74) is 1.07. The summed E-state index contributed by atoms with van der Waals surface area (Å²) in [5.74, 6) is -0.549. The van der Waals surface area contributed by atoms with Gasteiger partial charge in [0.2, 0.25) is 0 Å². The van der Waals surface area contributed by atoms with E-state index in [1.165, 1.54) is 11.2 Å². The van der Waals surface area contributed by atoms with E-state index >= 15 is 0 Å². The first-order valence-electron chi connectivity index (χ1n) is 9.20. The molecule has 1 aliphatic rings. The molecule has 0 spiro atoms. The number of furan rings is 1. The summed E-state index contributed by atoms with van der Waals surface area (Å²) in [6, 6.07) is 16.1. The lowest BCUT2D eigenvalue weighted by atomic mass is 9.95. The average molecular weight is 424 g/mol. The van der Waals surface area contributed by atoms with Crippen molar-refractivity contribution in [3.05, 3.63) is 94.4 Å². The molecule has 4 rings (SSSR count). The number of ketones is 1. The molecule has 0 radical (unpaired) electrons. The van der Waals surface area contributed by atoms with E-state index in [0.29, 0.717) is 27.7 Å². The van der Waals surface area contributed by atoms with Crippen molar-refractivity contribution in [2.24, 2.45) is 0 Å². The maximum atomic E-state index is 12.9. The summed E-state index contributed by atoms with van der Waals surface area (Å²) in [6.45, 7) is 0.0890. The first kappa shape index (κ1) is 19.8. The largest absolute Gasteiger partial charge is 0.507 e. The molecule has 3 aromatic rings. The first-order valence-corrected chi connectivity index (χ1v) is 9.58. The molecular weight excluding hydrogens is 406 g/mol. The lowest BCUT2D eigenvalue weighted by molar-refractivity contribution is -0.140. The Hall–Kier alpha value is -3.51. The van der Waals surface area contributed by atoms with Gasteiger partial charge < -0.3 is 19.2 Å². The molecule has 1 aromatic heterocycles. The van der Waals surface area contributed by atoms with E-state index in [1.54, 1.807) is 67.8 Å². The number of carbonyl (C=O) groups excluding carboxylic acids is 2. The first-order chi connectivity index (χ1) is 14.5. The van der Waals surface area contributed by atoms with Gasteiger partial charge in [-0.1, -0.05) is 23.7 Å². The van der Waals surface area contributed by atoms with Crippen LogP contribution in [0.25, 0.3) is 5.76 Å². The molecule has 1 amide bonds. The minimum absolute atomic E-state index is 0.0130. The Morgan fingerprint density at radius 1 is 1.10 bits per heavy atom. The Morgan fingerprint density at radius 3 is 2.40 bits per heavy atom. The molecule has 0 saturated carbocycles. The van der Waals surface area contributed by atoms with E-state index in [4.69, 9.17) is 20.8 Å². The van der Waals surface area contributed by atoms with Crippen LogP contribution in [0, 0.1) is 0 Å². The van der Waals surface area contributed by atoms with Gasteiger partial charge in [-0.2, -0.15) is 0 Å². The number of hydrogen-bond acceptors (Lipinski definition) is 5. The summed E-state index contributed by atoms with van der Waals surface area (Å²) < 4.78 is 10.6. The van der Waals surface area contributed by atoms with Gasteiger partial charge in [-0.25, -0.2) is 0 Å². The van der Waals surface area contributed by atoms with Crippen LogP contribution < -0.4 is 4.74 Å². The number of amides is 1. The number of rotatable bonds is 5. The monoisotopic (exact) mass is 423 g/mol. The van der Waals surface area contributed by atoms with E-state index in [-0.39, 0.29) is 17.9 Å². The van der Waals surface area contributed by atoms with Crippen LogP contribution in [0.5, 0.6) is 5.75 Å². The van der Waals surface area contributed by atoms with Crippen molar-refractivity contribution >= 4 is 29.1 Å². The van der Waals surface area contributed by atoms with Crippen LogP contribution in [0.3, 0.4) is 0 Å². The molecule has 1 aliphatic heterocycles. The highest BCUT2D eigenvalue weighted by molar-refractivity contribution is 6.46. The third-order valence-corrected chi connectivity index (χ3v) is 5.25. The molecule has 152 valence electrons. The van der Waals surface area contributed by atoms with E-state index in [2.05, 4.69) is 0 Å². The molecule has 1 saturated heterocycles. The third kappa shape index (κ3) is 3.57. The Labute approximate surface area is 177 Å². The van der Waals surface area contributed by atoms with Crippen LogP contribution in [0.1, 0.15) is 22.9 Å². The second-order valence-electron chi connectivity index (χ2n) is 6.79. The number of methoxy groups -OCH3 is 1. The van der Waals surface area contributed by atoms with E-state index in [0.717, 1.165) is 0 Å². The fraction of sp³-hybridized carbons (Fsp3) is 0.130. The van der Waals surface area contributed by atoms with Gasteiger partial charge in [0.1, 0.15) is 17.3 Å². The maximum absolute atomic E-state index is 12.9. The zero-order chi connectivity index (χ0) is 21.3. The SMILES string of the molecule is COc1ccc([C@H]2/C(=C(\O)c3ccc(Cl)cc3)C(=O)C(=O)N2Cc2ccco2)cc1. The fourth-order valence-corrected chi connectivity index (χ4v) is 3.64. The highest BCUT2D eigenvalue weighted by Crippen LogP contribution is 2.40. The Kier molecular flexibility index (Phi) is 5.33. The van der Waals surface area contributed by atoms with Gasteiger partial charge in [-0.3, -0.25) is 9.59 Å². The van der Waals surface area contributed by atoms with Crippen molar-refractivity contribution in [3.63, 3.8) is 0 Å². The number of aliphatic hydroxyl groups is 1. The Bertz CT molecular complexity index is 1100. The fourth-order valence-electron chi connectivity index (χ4n) is 3.51. The Balaban J connectivity index is 1.85. The Morgan fingerprint density at radius 2 is 1.80 bits per heavy atom. The number of hydrogen-bond donors (Lipinski definition) is 1. The van der Waals surface area contributed by atoms with Gasteiger partial charge in [-0.05, 0) is 54.1 Å². The lowest BCUT2D eigenvalue weighted by Crippen LogP contribution is -2.29. The lowest BCUT2D eigenvalue weighted by Gasteiger charge is -2.24. The second kappa shape index (κ2) is 8.08. The number of benzene rings is 2. The predicted octanol–water partition coefficient (Wildman–Crippen LogP) is 4.56. The van der Waals surface area contributed by atoms with Crippen LogP contribution in [0.2, 0.25) is 5.02 Å². The smallest absolute Gasteiger partial charge is 0.296 e. The molecule has 2 aromatic carbocycles. The van der Waals surface area contributed by atoms with Crippen molar-refractivity contribution in [2.45, 2.75) is 12.6 Å². The molecule has 1 fully saturated rings. The average Bonchev–Trinajstić information content (AvgIpc) is 3.36. The minimum Gasteiger partial charge on any atom is -0.507 e. The van der Waals surface area contributed by atoms with E-state index < -0.39 is 17.7 Å². The summed E-state index contributed by atoms with van der Waals surface area (Å²) >= 11 is 5.93. The van der Waals surface area contributed by atoms with E-state index in [9.17, 15) is 14.7 Å². The van der Waals surface area contributed by atoms with Crippen LogP contribution in [-0.2, 0) is 16.1 Å². The number of carbonyl (C=O) groups is 2. The number of Topliss-reactive ketones (excluding diaryl/α,β-unsaturated/α-hetero) is 1. The number of nitrogens with zero attached hydrogens (tertiary/aromatic N) is 1. The topological polar surface area (TPSA) is 80.0 Å². The van der Waals surface area contributed by atoms with Crippen LogP contribution >= 0.6 is 11.6 Å². The quantitative estimate of drug-likeness (QED) is 0.369. The number of halogens is 1. The van der Waals surface area contributed by atoms with Crippen molar-refractivity contribution in [3.8, 4) is 5.75 Å². The molecule has 2 heterocycles. The standard InChI is InChI=1S/C23H18ClNO5/c1-29-17-10-6-14(7-11-17)20-19(21(26)15-4-8-16(24)9-5-15)22(27)23(28)25(20)13-18-3-2-12-30-18/h2-12,20,26H,13H2,1H3/b21-19+/t20-/m0/s1. The molecular formula is C23H18ClNO5. The highest BCUT2D eigenvalue weighted by atomic mass is 35.5. The molecule has 0 bridgehead atoms. The van der Waals surface area contributed by atoms with Gasteiger partial charge in [0.25, 0.3) is 11.7 Å². The molecule has 6 nitrogen and oxygen atoms in total. The molecule has 30 heavy (non-hydrogen) atoms. The molecule has 0 aliphatic carbocycles. The molecule has 0 unspecified atom stereocenters. The van der Waals surface area contributed by atoms with Gasteiger partial charge >= 0.3 is 0 Å². The van der Waals surface area contributed by atoms with Crippen molar-refractivity contribution in [1.29, 1.82) is 0 Å². The number of aliphatic hydroxyl groups excluding tert-OH is 1. The van der Waals surface area contributed by atoms with Crippen LogP contribution in [-0.4, -0.2) is 28.8 Å². The van der Waals surface area contributed by atoms with Crippen LogP contribution in [0.4, 0.5) is 0 Å². The van der Waals surface area contributed by atoms with Crippen molar-refractivity contribution < 1.29 is 23.8 Å². The summed E-state index contributed by atoms with van der Waals surface area (Å²) in [5, 5.41) is 11.5. The maximum Gasteiger partial charge on any atom is 0.296 e. The minimum atomic E-state index is -0.781. The normalized spacial score (nSPS) is 18.1. The zero-order valence-corrected chi connectivity index (χ0v) is 16.8. The third-order valence-electron chi connectivity index (χ3n) is 5.00. The zero-order valence-electron chi connectivity index (χ0n) is 16.0. The van der Waals surface area contributed by atoms with Gasteiger partial charge in [-0.15, -0.1) is 0 Å².